The summed E-state index contributed by atoms with van der Waals surface area (Å²) in [5.41, 5.74) is 8.07. The number of primary amides is 1. The maximum Gasteiger partial charge on any atom is 0.416 e. The molecule has 3 aromatic carbocycles. The van der Waals surface area contributed by atoms with Crippen LogP contribution in [0.2, 0.25) is 5.02 Å². The third-order valence-corrected chi connectivity index (χ3v) is 6.22. The molecular formula is C26H23ClF3N3O. The lowest BCUT2D eigenvalue weighted by Gasteiger charge is -2.23. The van der Waals surface area contributed by atoms with Gasteiger partial charge in [-0.2, -0.15) is 18.3 Å². The van der Waals surface area contributed by atoms with Crippen molar-refractivity contribution in [2.24, 2.45) is 11.7 Å². The number of carbonyl (C=O) groups excluding carboxylic acids is 1. The predicted octanol–water partition coefficient (Wildman–Crippen LogP) is 7.11. The number of carbonyl (C=O) groups is 1. The number of rotatable bonds is 6. The molecular weight excluding hydrogens is 463 g/mol. The van der Waals surface area contributed by atoms with Crippen molar-refractivity contribution in [2.45, 2.75) is 32.5 Å². The minimum atomic E-state index is -4.40. The smallest absolute Gasteiger partial charge is 0.366 e. The van der Waals surface area contributed by atoms with Crippen LogP contribution in [0.1, 0.15) is 47.8 Å². The van der Waals surface area contributed by atoms with Gasteiger partial charge in [-0.25, -0.2) is 0 Å². The monoisotopic (exact) mass is 485 g/mol. The van der Waals surface area contributed by atoms with Gasteiger partial charge in [-0.05, 0) is 47.7 Å². The van der Waals surface area contributed by atoms with Crippen molar-refractivity contribution in [2.75, 3.05) is 0 Å². The first kappa shape index (κ1) is 23.8. The lowest BCUT2D eigenvalue weighted by Crippen LogP contribution is -2.20. The number of hydrogen-bond donors (Lipinski definition) is 1. The third kappa shape index (κ3) is 4.53. The highest BCUT2D eigenvalue weighted by molar-refractivity contribution is 6.38. The van der Waals surface area contributed by atoms with Crippen LogP contribution < -0.4 is 5.73 Å². The van der Waals surface area contributed by atoms with Crippen molar-refractivity contribution in [1.29, 1.82) is 0 Å². The van der Waals surface area contributed by atoms with Crippen LogP contribution in [-0.4, -0.2) is 15.7 Å². The van der Waals surface area contributed by atoms with E-state index < -0.39 is 17.6 Å². The number of fused-ring (bicyclic) bond motifs is 1. The Balaban J connectivity index is 1.81. The number of halogens is 4. The van der Waals surface area contributed by atoms with Crippen molar-refractivity contribution >= 4 is 28.4 Å². The molecule has 4 aromatic rings. The Hall–Kier alpha value is -3.32. The summed E-state index contributed by atoms with van der Waals surface area (Å²) < 4.78 is 40.6. The Bertz CT molecular complexity index is 1340. The van der Waals surface area contributed by atoms with Gasteiger partial charge in [0.2, 0.25) is 5.91 Å². The molecule has 4 nitrogen and oxygen atoms in total. The molecule has 1 amide bonds. The number of nitrogens with zero attached hydrogens (tertiary/aromatic N) is 2. The SMILES string of the molecule is CC(C)CC(c1ccccc1C(N)=O)n1ncc2c(Cl)c(-c3ccc(C(F)(F)F)cc3)ccc21. The predicted molar refractivity (Wildman–Crippen MR) is 128 cm³/mol. The van der Waals surface area contributed by atoms with Crippen LogP contribution in [0.25, 0.3) is 22.0 Å². The van der Waals surface area contributed by atoms with Gasteiger partial charge in [0.1, 0.15) is 0 Å². The lowest BCUT2D eigenvalue weighted by atomic mass is 9.93. The normalized spacial score (nSPS) is 12.9. The summed E-state index contributed by atoms with van der Waals surface area (Å²) in [5, 5.41) is 5.67. The van der Waals surface area contributed by atoms with Crippen LogP contribution in [-0.2, 0) is 6.18 Å². The molecule has 1 atom stereocenters. The Morgan fingerprint density at radius 1 is 1.06 bits per heavy atom. The molecule has 176 valence electrons. The Kier molecular flexibility index (Phi) is 6.41. The summed E-state index contributed by atoms with van der Waals surface area (Å²) in [7, 11) is 0. The third-order valence-electron chi connectivity index (χ3n) is 5.81. The average Bonchev–Trinajstić information content (AvgIpc) is 3.22. The first-order valence-electron chi connectivity index (χ1n) is 10.8. The largest absolute Gasteiger partial charge is 0.416 e. The second-order valence-corrected chi connectivity index (χ2v) is 9.00. The number of aromatic nitrogens is 2. The molecule has 0 radical (unpaired) electrons. The van der Waals surface area contributed by atoms with Crippen LogP contribution in [0.15, 0.2) is 66.9 Å². The standard InChI is InChI=1S/C26H23ClF3N3O/c1-15(2)13-23(19-5-3-4-6-20(19)25(31)34)33-22-12-11-18(24(27)21(22)14-32-33)16-7-9-17(10-8-16)26(28,29)30/h3-12,14-15,23H,13H2,1-2H3,(H2,31,34). The van der Waals surface area contributed by atoms with Gasteiger partial charge in [0, 0.05) is 16.5 Å². The Morgan fingerprint density at radius 2 is 1.74 bits per heavy atom. The fraction of sp³-hybridized carbons (Fsp3) is 0.231. The van der Waals surface area contributed by atoms with Crippen molar-refractivity contribution in [1.82, 2.24) is 9.78 Å². The van der Waals surface area contributed by atoms with Crippen molar-refractivity contribution < 1.29 is 18.0 Å². The van der Waals surface area contributed by atoms with Crippen molar-refractivity contribution in [3.63, 3.8) is 0 Å². The van der Waals surface area contributed by atoms with Crippen LogP contribution >= 0.6 is 11.6 Å². The molecule has 0 bridgehead atoms. The average molecular weight is 486 g/mol. The second-order valence-electron chi connectivity index (χ2n) is 8.62. The molecule has 0 fully saturated rings. The highest BCUT2D eigenvalue weighted by Gasteiger charge is 2.30. The van der Waals surface area contributed by atoms with E-state index in [9.17, 15) is 18.0 Å². The topological polar surface area (TPSA) is 60.9 Å². The highest BCUT2D eigenvalue weighted by Crippen LogP contribution is 2.38. The fourth-order valence-corrected chi connectivity index (χ4v) is 4.53. The molecule has 1 aromatic heterocycles. The molecule has 4 rings (SSSR count). The number of nitrogens with two attached hydrogens (primary N) is 1. The second kappa shape index (κ2) is 9.14. The molecule has 0 aliphatic heterocycles. The molecule has 0 saturated heterocycles. The summed E-state index contributed by atoms with van der Waals surface area (Å²) >= 11 is 6.71. The molecule has 34 heavy (non-hydrogen) atoms. The maximum atomic E-state index is 12.9. The molecule has 0 aliphatic carbocycles. The van der Waals surface area contributed by atoms with Crippen LogP contribution in [0, 0.1) is 5.92 Å². The molecule has 0 spiro atoms. The first-order chi connectivity index (χ1) is 16.1. The summed E-state index contributed by atoms with van der Waals surface area (Å²) in [6.45, 7) is 4.17. The van der Waals surface area contributed by atoms with Gasteiger partial charge in [0.05, 0.1) is 28.3 Å². The quantitative estimate of drug-likeness (QED) is 0.316. The van der Waals surface area contributed by atoms with Crippen molar-refractivity contribution in [3.8, 4) is 11.1 Å². The minimum Gasteiger partial charge on any atom is -0.366 e. The van der Waals surface area contributed by atoms with E-state index in [0.717, 1.165) is 23.2 Å². The number of benzene rings is 3. The summed E-state index contributed by atoms with van der Waals surface area (Å²) in [6, 6.07) is 15.5. The Morgan fingerprint density at radius 3 is 2.35 bits per heavy atom. The van der Waals surface area contributed by atoms with Gasteiger partial charge in [-0.15, -0.1) is 0 Å². The summed E-state index contributed by atoms with van der Waals surface area (Å²) in [5.74, 6) is -0.212. The van der Waals surface area contributed by atoms with E-state index in [1.165, 1.54) is 12.1 Å². The van der Waals surface area contributed by atoms with Crippen LogP contribution in [0.5, 0.6) is 0 Å². The van der Waals surface area contributed by atoms with E-state index in [1.807, 2.05) is 22.9 Å². The van der Waals surface area contributed by atoms with E-state index in [1.54, 1.807) is 24.4 Å². The van der Waals surface area contributed by atoms with E-state index in [2.05, 4.69) is 18.9 Å². The van der Waals surface area contributed by atoms with Gasteiger partial charge in [0.25, 0.3) is 0 Å². The van der Waals surface area contributed by atoms with E-state index in [-0.39, 0.29) is 6.04 Å². The molecule has 1 unspecified atom stereocenters. The van der Waals surface area contributed by atoms with E-state index in [0.29, 0.717) is 39.4 Å². The van der Waals surface area contributed by atoms with Gasteiger partial charge in [-0.1, -0.05) is 61.8 Å². The van der Waals surface area contributed by atoms with Crippen LogP contribution in [0.4, 0.5) is 13.2 Å². The van der Waals surface area contributed by atoms with Gasteiger partial charge < -0.3 is 5.73 Å². The van der Waals surface area contributed by atoms with E-state index >= 15 is 0 Å². The van der Waals surface area contributed by atoms with E-state index in [4.69, 9.17) is 17.3 Å². The lowest BCUT2D eigenvalue weighted by molar-refractivity contribution is -0.137. The molecule has 0 saturated carbocycles. The van der Waals surface area contributed by atoms with Gasteiger partial charge in [-0.3, -0.25) is 9.48 Å². The Labute approximate surface area is 200 Å². The summed E-state index contributed by atoms with van der Waals surface area (Å²) in [6.07, 6.45) is -2.05. The first-order valence-corrected chi connectivity index (χ1v) is 11.2. The number of amides is 1. The molecule has 0 aliphatic rings. The van der Waals surface area contributed by atoms with Crippen LogP contribution in [0.3, 0.4) is 0 Å². The molecule has 8 heteroatoms. The zero-order chi connectivity index (χ0) is 24.6. The molecule has 2 N–H and O–H groups in total. The minimum absolute atomic E-state index is 0.255. The van der Waals surface area contributed by atoms with Gasteiger partial charge >= 0.3 is 6.18 Å². The summed E-state index contributed by atoms with van der Waals surface area (Å²) in [4.78, 5) is 12.1. The fourth-order valence-electron chi connectivity index (χ4n) is 4.21. The highest BCUT2D eigenvalue weighted by atomic mass is 35.5. The number of hydrogen-bond acceptors (Lipinski definition) is 2. The molecule has 1 heterocycles. The number of alkyl halides is 3. The maximum absolute atomic E-state index is 12.9. The zero-order valence-electron chi connectivity index (χ0n) is 18.6. The van der Waals surface area contributed by atoms with Crippen molar-refractivity contribution in [3.05, 3.63) is 88.6 Å². The van der Waals surface area contributed by atoms with Gasteiger partial charge in [0.15, 0.2) is 0 Å². The zero-order valence-corrected chi connectivity index (χ0v) is 19.4.